The highest BCUT2D eigenvalue weighted by Crippen LogP contribution is 2.33. The molecule has 1 amide bonds. The van der Waals surface area contributed by atoms with Crippen molar-refractivity contribution in [3.05, 3.63) is 41.2 Å². The zero-order chi connectivity index (χ0) is 20.6. The second kappa shape index (κ2) is 7.29. The quantitative estimate of drug-likeness (QED) is 0.780. The van der Waals surface area contributed by atoms with Gasteiger partial charge in [0, 0.05) is 23.8 Å². The lowest BCUT2D eigenvalue weighted by Gasteiger charge is -2.23. The summed E-state index contributed by atoms with van der Waals surface area (Å²) >= 11 is 0. The lowest BCUT2D eigenvalue weighted by atomic mass is 10.1. The maximum absolute atomic E-state index is 12.9. The number of carbonyl (C=O) groups is 2. The number of carbonyl (C=O) groups excluding carboxylic acids is 1. The van der Waals surface area contributed by atoms with Crippen molar-refractivity contribution in [2.24, 2.45) is 5.92 Å². The number of nitrogens with zero attached hydrogens (tertiary/aromatic N) is 2. The number of nitrogens with one attached hydrogen (secondary N) is 1. The van der Waals surface area contributed by atoms with Crippen LogP contribution in [0.2, 0.25) is 0 Å². The van der Waals surface area contributed by atoms with Gasteiger partial charge in [-0.25, -0.2) is 4.98 Å². The molecule has 1 aliphatic rings. The molecule has 0 aliphatic heterocycles. The molecule has 150 valence electrons. The van der Waals surface area contributed by atoms with Crippen LogP contribution < -0.4 is 0 Å². The summed E-state index contributed by atoms with van der Waals surface area (Å²) in [6.07, 6.45) is -2.89. The third-order valence-electron chi connectivity index (χ3n) is 4.69. The van der Waals surface area contributed by atoms with Crippen LogP contribution in [-0.4, -0.2) is 44.4 Å². The largest absolute Gasteiger partial charge is 0.481 e. The summed E-state index contributed by atoms with van der Waals surface area (Å²) in [6.45, 7) is 3.20. The molecule has 1 aromatic heterocycles. The summed E-state index contributed by atoms with van der Waals surface area (Å²) in [6, 6.07) is 4.67. The van der Waals surface area contributed by atoms with Gasteiger partial charge in [-0.15, -0.1) is 0 Å². The number of imidazole rings is 1. The Morgan fingerprint density at radius 2 is 2.04 bits per heavy atom. The molecular weight excluding hydrogens is 375 g/mol. The topological polar surface area (TPSA) is 86.3 Å². The smallest absolute Gasteiger partial charge is 0.416 e. The number of benzene rings is 1. The van der Waals surface area contributed by atoms with E-state index < -0.39 is 29.5 Å². The number of hydrogen-bond donors (Lipinski definition) is 2. The van der Waals surface area contributed by atoms with Gasteiger partial charge in [0.1, 0.15) is 11.5 Å². The van der Waals surface area contributed by atoms with E-state index in [0.717, 1.165) is 25.0 Å². The molecule has 1 aromatic carbocycles. The summed E-state index contributed by atoms with van der Waals surface area (Å²) in [5.41, 5.74) is -0.0707. The van der Waals surface area contributed by atoms with Crippen molar-refractivity contribution < 1.29 is 27.9 Å². The average molecular weight is 395 g/mol. The second-order valence-corrected chi connectivity index (χ2v) is 7.07. The molecule has 28 heavy (non-hydrogen) atoms. The first kappa shape index (κ1) is 19.9. The van der Waals surface area contributed by atoms with Crippen LogP contribution in [0.15, 0.2) is 24.3 Å². The minimum Gasteiger partial charge on any atom is -0.481 e. The normalized spacial score (nSPS) is 15.3. The fraction of sp³-hybridized carbons (Fsp3) is 0.421. The highest BCUT2D eigenvalue weighted by atomic mass is 19.4. The number of aromatic nitrogens is 2. The number of halogens is 3. The van der Waals surface area contributed by atoms with Crippen LogP contribution in [0.5, 0.6) is 0 Å². The SMILES string of the molecule is Cc1[nH]c(-c2cccc(C(F)(F)F)c2)nc1C(=O)N(CC(C)C(=O)O)C1CC1. The Labute approximate surface area is 159 Å². The minimum atomic E-state index is -4.48. The number of carboxylic acid groups (broad SMARTS) is 1. The van der Waals surface area contributed by atoms with Crippen LogP contribution in [0, 0.1) is 12.8 Å². The van der Waals surface area contributed by atoms with E-state index in [1.165, 1.54) is 24.0 Å². The number of alkyl halides is 3. The molecule has 3 rings (SSSR count). The summed E-state index contributed by atoms with van der Waals surface area (Å²) in [5.74, 6) is -1.98. The van der Waals surface area contributed by atoms with Gasteiger partial charge in [-0.3, -0.25) is 9.59 Å². The predicted molar refractivity (Wildman–Crippen MR) is 94.6 cm³/mol. The van der Waals surface area contributed by atoms with E-state index in [-0.39, 0.29) is 29.7 Å². The van der Waals surface area contributed by atoms with E-state index in [0.29, 0.717) is 5.69 Å². The lowest BCUT2D eigenvalue weighted by Crippen LogP contribution is -2.39. The summed E-state index contributed by atoms with van der Waals surface area (Å²) < 4.78 is 38.8. The highest BCUT2D eigenvalue weighted by molar-refractivity contribution is 5.94. The van der Waals surface area contributed by atoms with E-state index in [2.05, 4.69) is 9.97 Å². The molecule has 0 radical (unpaired) electrons. The predicted octanol–water partition coefficient (Wildman–Crippen LogP) is 3.73. The molecule has 0 saturated heterocycles. The Morgan fingerprint density at radius 1 is 1.36 bits per heavy atom. The van der Waals surface area contributed by atoms with E-state index in [9.17, 15) is 22.8 Å². The lowest BCUT2D eigenvalue weighted by molar-refractivity contribution is -0.141. The summed E-state index contributed by atoms with van der Waals surface area (Å²) in [7, 11) is 0. The van der Waals surface area contributed by atoms with Crippen LogP contribution in [0.4, 0.5) is 13.2 Å². The zero-order valence-corrected chi connectivity index (χ0v) is 15.4. The average Bonchev–Trinajstić information content (AvgIpc) is 3.39. The van der Waals surface area contributed by atoms with Gasteiger partial charge in [-0.1, -0.05) is 19.1 Å². The standard InChI is InChI=1S/C19H20F3N3O3/c1-10(18(27)28)9-25(14-6-7-14)17(26)15-11(2)23-16(24-15)12-4-3-5-13(8-12)19(20,21)22/h3-5,8,10,14H,6-7,9H2,1-2H3,(H,23,24)(H,27,28). The number of hydrogen-bond acceptors (Lipinski definition) is 3. The van der Waals surface area contributed by atoms with Crippen molar-refractivity contribution >= 4 is 11.9 Å². The Bertz CT molecular complexity index is 903. The van der Waals surface area contributed by atoms with Gasteiger partial charge >= 0.3 is 12.1 Å². The van der Waals surface area contributed by atoms with Crippen LogP contribution >= 0.6 is 0 Å². The van der Waals surface area contributed by atoms with Gasteiger partial charge < -0.3 is 15.0 Å². The maximum Gasteiger partial charge on any atom is 0.416 e. The molecule has 6 nitrogen and oxygen atoms in total. The van der Waals surface area contributed by atoms with Crippen LogP contribution in [0.25, 0.3) is 11.4 Å². The van der Waals surface area contributed by atoms with E-state index in [1.54, 1.807) is 6.92 Å². The van der Waals surface area contributed by atoms with Crippen LogP contribution in [0.3, 0.4) is 0 Å². The molecule has 1 aliphatic carbocycles. The van der Waals surface area contributed by atoms with Crippen molar-refractivity contribution in [1.82, 2.24) is 14.9 Å². The number of amides is 1. The van der Waals surface area contributed by atoms with Crippen molar-refractivity contribution in [1.29, 1.82) is 0 Å². The van der Waals surface area contributed by atoms with Gasteiger partial charge in [0.15, 0.2) is 0 Å². The number of aliphatic carboxylic acids is 1. The molecule has 1 fully saturated rings. The van der Waals surface area contributed by atoms with Gasteiger partial charge in [0.05, 0.1) is 11.5 Å². The first-order valence-electron chi connectivity index (χ1n) is 8.86. The molecule has 1 atom stereocenters. The van der Waals surface area contributed by atoms with Crippen LogP contribution in [0.1, 0.15) is 41.5 Å². The fourth-order valence-corrected chi connectivity index (χ4v) is 2.94. The molecule has 2 N–H and O–H groups in total. The molecule has 9 heteroatoms. The second-order valence-electron chi connectivity index (χ2n) is 7.07. The van der Waals surface area contributed by atoms with Crippen LogP contribution in [-0.2, 0) is 11.0 Å². The third kappa shape index (κ3) is 4.18. The molecular formula is C19H20F3N3O3. The van der Waals surface area contributed by atoms with Crippen molar-refractivity contribution in [2.45, 2.75) is 38.9 Å². The fourth-order valence-electron chi connectivity index (χ4n) is 2.94. The Balaban J connectivity index is 1.89. The van der Waals surface area contributed by atoms with Crippen molar-refractivity contribution in [3.8, 4) is 11.4 Å². The summed E-state index contributed by atoms with van der Waals surface area (Å²) in [5, 5.41) is 9.13. The number of carboxylic acids is 1. The molecule has 2 aromatic rings. The minimum absolute atomic E-state index is 0.0255. The monoisotopic (exact) mass is 395 g/mol. The Morgan fingerprint density at radius 3 is 2.61 bits per heavy atom. The first-order valence-corrected chi connectivity index (χ1v) is 8.86. The molecule has 1 heterocycles. The maximum atomic E-state index is 12.9. The van der Waals surface area contributed by atoms with Gasteiger partial charge in [0.2, 0.25) is 0 Å². The Hall–Kier alpha value is -2.84. The first-order chi connectivity index (χ1) is 13.1. The Kier molecular flexibility index (Phi) is 5.18. The van der Waals surface area contributed by atoms with Crippen molar-refractivity contribution in [2.75, 3.05) is 6.54 Å². The third-order valence-corrected chi connectivity index (χ3v) is 4.69. The van der Waals surface area contributed by atoms with Gasteiger partial charge in [0.25, 0.3) is 5.91 Å². The molecule has 1 saturated carbocycles. The van der Waals surface area contributed by atoms with Gasteiger partial charge in [-0.2, -0.15) is 13.2 Å². The zero-order valence-electron chi connectivity index (χ0n) is 15.4. The van der Waals surface area contributed by atoms with Gasteiger partial charge in [-0.05, 0) is 31.9 Å². The summed E-state index contributed by atoms with van der Waals surface area (Å²) in [4.78, 5) is 32.7. The van der Waals surface area contributed by atoms with Crippen molar-refractivity contribution in [3.63, 3.8) is 0 Å². The molecule has 0 bridgehead atoms. The number of rotatable bonds is 6. The van der Waals surface area contributed by atoms with E-state index in [1.807, 2.05) is 0 Å². The molecule has 0 spiro atoms. The number of aryl methyl sites for hydroxylation is 1. The number of H-pyrrole nitrogens is 1. The van der Waals surface area contributed by atoms with E-state index in [4.69, 9.17) is 5.11 Å². The molecule has 1 unspecified atom stereocenters. The number of aromatic amines is 1. The van der Waals surface area contributed by atoms with E-state index >= 15 is 0 Å². The highest BCUT2D eigenvalue weighted by Gasteiger charge is 2.36.